The molecule has 2 N–H and O–H groups in total. The van der Waals surface area contributed by atoms with E-state index in [1.54, 1.807) is 0 Å². The Labute approximate surface area is 79.0 Å². The molecule has 1 amide bonds. The average Bonchev–Trinajstić information content (AvgIpc) is 2.51. The normalized spacial score (nSPS) is 21.9. The number of carbonyl (C=O) groups excluding carboxylic acids is 1. The Bertz CT molecular complexity index is 162. The lowest BCUT2D eigenvalue weighted by Gasteiger charge is -2.09. The van der Waals surface area contributed by atoms with Gasteiger partial charge in [0.1, 0.15) is 0 Å². The van der Waals surface area contributed by atoms with Crippen LogP contribution in [0.5, 0.6) is 0 Å². The maximum atomic E-state index is 10.8. The molecule has 0 bridgehead atoms. The molecule has 0 aliphatic carbocycles. The van der Waals surface area contributed by atoms with E-state index in [1.807, 2.05) is 0 Å². The molecule has 76 valence electrons. The van der Waals surface area contributed by atoms with Gasteiger partial charge in [-0.3, -0.25) is 4.79 Å². The van der Waals surface area contributed by atoms with Crippen molar-refractivity contribution in [2.75, 3.05) is 26.3 Å². The summed E-state index contributed by atoms with van der Waals surface area (Å²) in [5.41, 5.74) is 0. The summed E-state index contributed by atoms with van der Waals surface area (Å²) in [5.74, 6) is 0.145. The van der Waals surface area contributed by atoms with Gasteiger partial charge in [-0.15, -0.1) is 0 Å². The monoisotopic (exact) mass is 186 g/mol. The smallest absolute Gasteiger partial charge is 0.221 e. The topological polar surface area (TPSA) is 50.4 Å². The second kappa shape index (κ2) is 5.94. The van der Waals surface area contributed by atoms with Crippen LogP contribution in [-0.2, 0) is 9.53 Å². The Morgan fingerprint density at radius 2 is 2.46 bits per heavy atom. The molecule has 1 fully saturated rings. The molecule has 1 aliphatic heterocycles. The summed E-state index contributed by atoms with van der Waals surface area (Å²) >= 11 is 0. The first kappa shape index (κ1) is 10.5. The molecule has 0 aromatic rings. The largest absolute Gasteiger partial charge is 0.380 e. The highest BCUT2D eigenvalue weighted by Gasteiger charge is 2.19. The molecular formula is C9H18N2O2. The van der Waals surface area contributed by atoms with Crippen molar-refractivity contribution in [2.45, 2.75) is 25.8 Å². The molecule has 0 aromatic heterocycles. The van der Waals surface area contributed by atoms with Gasteiger partial charge in [-0.05, 0) is 6.42 Å². The first-order valence-electron chi connectivity index (χ1n) is 4.90. The third-order valence-corrected chi connectivity index (χ3v) is 2.01. The number of nitrogens with one attached hydrogen (secondary N) is 2. The summed E-state index contributed by atoms with van der Waals surface area (Å²) in [7, 11) is 0. The van der Waals surface area contributed by atoms with Crippen LogP contribution in [-0.4, -0.2) is 38.3 Å². The number of rotatable bonds is 6. The minimum absolute atomic E-state index is 0.145. The predicted molar refractivity (Wildman–Crippen MR) is 50.5 cm³/mol. The molecular weight excluding hydrogens is 168 g/mol. The van der Waals surface area contributed by atoms with Gasteiger partial charge in [0.2, 0.25) is 5.91 Å². The van der Waals surface area contributed by atoms with Crippen LogP contribution >= 0.6 is 0 Å². The number of ether oxygens (including phenoxy) is 1. The van der Waals surface area contributed by atoms with E-state index in [1.165, 1.54) is 0 Å². The molecule has 0 aromatic carbocycles. The van der Waals surface area contributed by atoms with E-state index in [9.17, 15) is 4.79 Å². The first-order chi connectivity index (χ1) is 6.33. The lowest BCUT2D eigenvalue weighted by Crippen LogP contribution is -2.33. The van der Waals surface area contributed by atoms with Gasteiger partial charge in [-0.2, -0.15) is 0 Å². The Morgan fingerprint density at radius 1 is 1.62 bits per heavy atom. The fourth-order valence-electron chi connectivity index (χ4n) is 1.33. The van der Waals surface area contributed by atoms with Crippen LogP contribution < -0.4 is 10.6 Å². The zero-order valence-electron chi connectivity index (χ0n) is 8.14. The van der Waals surface area contributed by atoms with Gasteiger partial charge in [0, 0.05) is 32.2 Å². The summed E-state index contributed by atoms with van der Waals surface area (Å²) in [6.45, 7) is 5.24. The van der Waals surface area contributed by atoms with Crippen LogP contribution in [0, 0.1) is 0 Å². The van der Waals surface area contributed by atoms with Gasteiger partial charge in [0.05, 0.1) is 6.61 Å². The van der Waals surface area contributed by atoms with Gasteiger partial charge < -0.3 is 15.4 Å². The Balaban J connectivity index is 1.91. The fraction of sp³-hybridized carbons (Fsp3) is 0.889. The van der Waals surface area contributed by atoms with Crippen molar-refractivity contribution < 1.29 is 9.53 Å². The Hall–Kier alpha value is -0.610. The minimum atomic E-state index is 0.145. The summed E-state index contributed by atoms with van der Waals surface area (Å²) < 4.78 is 5.30. The second-order valence-electron chi connectivity index (χ2n) is 3.27. The third-order valence-electron chi connectivity index (χ3n) is 2.01. The van der Waals surface area contributed by atoms with Gasteiger partial charge in [-0.1, -0.05) is 6.92 Å². The van der Waals surface area contributed by atoms with Crippen LogP contribution in [0.3, 0.4) is 0 Å². The third kappa shape index (κ3) is 4.24. The first-order valence-corrected chi connectivity index (χ1v) is 4.90. The van der Waals surface area contributed by atoms with Crippen molar-refractivity contribution in [1.82, 2.24) is 10.6 Å². The second-order valence-corrected chi connectivity index (χ2v) is 3.27. The van der Waals surface area contributed by atoms with Crippen LogP contribution in [0.25, 0.3) is 0 Å². The van der Waals surface area contributed by atoms with Crippen LogP contribution in [0.2, 0.25) is 0 Å². The minimum Gasteiger partial charge on any atom is -0.380 e. The van der Waals surface area contributed by atoms with Crippen molar-refractivity contribution in [3.8, 4) is 0 Å². The van der Waals surface area contributed by atoms with Crippen LogP contribution in [0.15, 0.2) is 0 Å². The molecule has 1 aliphatic rings. The number of hydrogen-bond acceptors (Lipinski definition) is 3. The highest BCUT2D eigenvalue weighted by Crippen LogP contribution is 1.97. The molecule has 4 heteroatoms. The molecule has 1 rings (SSSR count). The summed E-state index contributed by atoms with van der Waals surface area (Å²) in [4.78, 5) is 10.8. The Kier molecular flexibility index (Phi) is 4.78. The molecule has 0 saturated carbocycles. The summed E-state index contributed by atoms with van der Waals surface area (Å²) in [5, 5.41) is 6.04. The molecule has 1 unspecified atom stereocenters. The lowest BCUT2D eigenvalue weighted by molar-refractivity contribution is -0.119. The van der Waals surface area contributed by atoms with E-state index < -0.39 is 0 Å². The number of amides is 1. The maximum absolute atomic E-state index is 10.8. The SMILES string of the molecule is CCCOCCNC1CNC(=O)C1. The van der Waals surface area contributed by atoms with Crippen molar-refractivity contribution in [2.24, 2.45) is 0 Å². The fourth-order valence-corrected chi connectivity index (χ4v) is 1.33. The van der Waals surface area contributed by atoms with Gasteiger partial charge in [-0.25, -0.2) is 0 Å². The van der Waals surface area contributed by atoms with Gasteiger partial charge in [0.25, 0.3) is 0 Å². The van der Waals surface area contributed by atoms with E-state index in [2.05, 4.69) is 17.6 Å². The molecule has 13 heavy (non-hydrogen) atoms. The lowest BCUT2D eigenvalue weighted by atomic mass is 10.2. The van der Waals surface area contributed by atoms with Crippen molar-refractivity contribution in [1.29, 1.82) is 0 Å². The van der Waals surface area contributed by atoms with E-state index >= 15 is 0 Å². The Morgan fingerprint density at radius 3 is 3.08 bits per heavy atom. The zero-order valence-corrected chi connectivity index (χ0v) is 8.14. The van der Waals surface area contributed by atoms with Gasteiger partial charge >= 0.3 is 0 Å². The van der Waals surface area contributed by atoms with Crippen molar-refractivity contribution in [3.05, 3.63) is 0 Å². The van der Waals surface area contributed by atoms with Crippen LogP contribution in [0.1, 0.15) is 19.8 Å². The van der Waals surface area contributed by atoms with E-state index in [0.29, 0.717) is 12.5 Å². The molecule has 0 radical (unpaired) electrons. The zero-order chi connectivity index (χ0) is 9.52. The highest BCUT2D eigenvalue weighted by molar-refractivity contribution is 5.78. The quantitative estimate of drug-likeness (QED) is 0.569. The number of hydrogen-bond donors (Lipinski definition) is 2. The molecule has 1 saturated heterocycles. The molecule has 0 spiro atoms. The average molecular weight is 186 g/mol. The van der Waals surface area contributed by atoms with Crippen LogP contribution in [0.4, 0.5) is 0 Å². The van der Waals surface area contributed by atoms with Crippen molar-refractivity contribution >= 4 is 5.91 Å². The predicted octanol–water partition coefficient (Wildman–Crippen LogP) is -0.109. The standard InChI is InChI=1S/C9H18N2O2/c1-2-4-13-5-3-10-8-6-9(12)11-7-8/h8,10H,2-7H2,1H3,(H,11,12). The maximum Gasteiger partial charge on any atom is 0.221 e. The molecule has 1 atom stereocenters. The van der Waals surface area contributed by atoms with Gasteiger partial charge in [0.15, 0.2) is 0 Å². The van der Waals surface area contributed by atoms with E-state index in [4.69, 9.17) is 4.74 Å². The molecule has 4 nitrogen and oxygen atoms in total. The van der Waals surface area contributed by atoms with E-state index in [0.717, 1.165) is 32.7 Å². The molecule has 1 heterocycles. The van der Waals surface area contributed by atoms with E-state index in [-0.39, 0.29) is 5.91 Å². The highest BCUT2D eigenvalue weighted by atomic mass is 16.5. The summed E-state index contributed by atoms with van der Waals surface area (Å²) in [6.07, 6.45) is 1.66. The van der Waals surface area contributed by atoms with Crippen molar-refractivity contribution in [3.63, 3.8) is 0 Å². The summed E-state index contributed by atoms with van der Waals surface area (Å²) in [6, 6.07) is 0.303. The number of carbonyl (C=O) groups is 1.